The van der Waals surface area contributed by atoms with Gasteiger partial charge >= 0.3 is 5.97 Å². The van der Waals surface area contributed by atoms with E-state index in [-0.39, 0.29) is 5.91 Å². The molecular formula is C14H16N2O3S2. The van der Waals surface area contributed by atoms with Gasteiger partial charge in [-0.2, -0.15) is 0 Å². The Labute approximate surface area is 132 Å². The van der Waals surface area contributed by atoms with E-state index in [0.717, 1.165) is 17.5 Å². The average molecular weight is 324 g/mol. The smallest absolute Gasteiger partial charge is 0.326 e. The van der Waals surface area contributed by atoms with Gasteiger partial charge in [0.15, 0.2) is 0 Å². The third-order valence-corrected chi connectivity index (χ3v) is 4.58. The number of amides is 1. The highest BCUT2D eigenvalue weighted by Crippen LogP contribution is 2.34. The summed E-state index contributed by atoms with van der Waals surface area (Å²) in [4.78, 5) is 25.5. The Balaban J connectivity index is 2.30. The molecule has 0 aromatic carbocycles. The molecule has 1 aromatic heterocycles. The fraction of sp³-hybridized carbons (Fsp3) is 0.357. The predicted molar refractivity (Wildman–Crippen MR) is 86.8 cm³/mol. The molecule has 5 nitrogen and oxygen atoms in total. The minimum Gasteiger partial charge on any atom is -0.480 e. The quantitative estimate of drug-likeness (QED) is 0.666. The molecule has 1 aliphatic heterocycles. The van der Waals surface area contributed by atoms with Gasteiger partial charge in [0.2, 0.25) is 0 Å². The lowest BCUT2D eigenvalue weighted by Gasteiger charge is -2.22. The van der Waals surface area contributed by atoms with Gasteiger partial charge in [0.25, 0.3) is 5.91 Å². The Kier molecular flexibility index (Phi) is 4.84. The summed E-state index contributed by atoms with van der Waals surface area (Å²) in [7, 11) is 1.88. The SMILES string of the molecule is CCC[C@@H](C(=O)O)N1C(=O)/C(=C/c2cccn2C)SC1=S. The Morgan fingerprint density at radius 1 is 1.57 bits per heavy atom. The van der Waals surface area contributed by atoms with E-state index in [1.54, 1.807) is 6.08 Å². The highest BCUT2D eigenvalue weighted by atomic mass is 32.2. The molecule has 112 valence electrons. The van der Waals surface area contributed by atoms with E-state index in [1.807, 2.05) is 36.9 Å². The van der Waals surface area contributed by atoms with Gasteiger partial charge in [-0.1, -0.05) is 37.3 Å². The molecule has 1 N–H and O–H groups in total. The molecule has 0 spiro atoms. The molecule has 1 amide bonds. The topological polar surface area (TPSA) is 62.5 Å². The molecule has 2 heterocycles. The summed E-state index contributed by atoms with van der Waals surface area (Å²) in [5, 5.41) is 9.30. The van der Waals surface area contributed by atoms with Crippen LogP contribution in [0.25, 0.3) is 6.08 Å². The summed E-state index contributed by atoms with van der Waals surface area (Å²) >= 11 is 6.34. The Morgan fingerprint density at radius 3 is 2.81 bits per heavy atom. The summed E-state index contributed by atoms with van der Waals surface area (Å²) < 4.78 is 2.19. The first-order valence-corrected chi connectivity index (χ1v) is 7.79. The van der Waals surface area contributed by atoms with Crippen LogP contribution in [0.1, 0.15) is 25.5 Å². The Bertz CT molecular complexity index is 621. The van der Waals surface area contributed by atoms with E-state index < -0.39 is 12.0 Å². The molecule has 0 unspecified atom stereocenters. The van der Waals surface area contributed by atoms with E-state index in [0.29, 0.717) is 22.1 Å². The second-order valence-electron chi connectivity index (χ2n) is 4.74. The van der Waals surface area contributed by atoms with Crippen molar-refractivity contribution in [3.63, 3.8) is 0 Å². The number of carbonyl (C=O) groups excluding carboxylic acids is 1. The number of carboxylic acids is 1. The van der Waals surface area contributed by atoms with Gasteiger partial charge in [-0.3, -0.25) is 9.69 Å². The zero-order chi connectivity index (χ0) is 15.6. The molecule has 0 aliphatic carbocycles. The Morgan fingerprint density at radius 2 is 2.29 bits per heavy atom. The standard InChI is InChI=1S/C14H16N2O3S2/c1-3-5-10(13(18)19)16-12(17)11(21-14(16)20)8-9-6-4-7-15(9)2/h4,6-8,10H,3,5H2,1-2H3,(H,18,19)/b11-8-/t10-/m0/s1. The van der Waals surface area contributed by atoms with Crippen LogP contribution in [0.15, 0.2) is 23.2 Å². The van der Waals surface area contributed by atoms with Crippen molar-refractivity contribution in [2.45, 2.75) is 25.8 Å². The van der Waals surface area contributed by atoms with Gasteiger partial charge in [0, 0.05) is 18.9 Å². The molecule has 1 fully saturated rings. The molecule has 1 aliphatic rings. The summed E-state index contributed by atoms with van der Waals surface area (Å²) in [5.41, 5.74) is 0.873. The van der Waals surface area contributed by atoms with Crippen LogP contribution in [0.2, 0.25) is 0 Å². The van der Waals surface area contributed by atoms with Crippen LogP contribution >= 0.6 is 24.0 Å². The van der Waals surface area contributed by atoms with Gasteiger partial charge in [-0.15, -0.1) is 0 Å². The van der Waals surface area contributed by atoms with Gasteiger partial charge in [-0.25, -0.2) is 4.79 Å². The van der Waals surface area contributed by atoms with Crippen molar-refractivity contribution >= 4 is 46.3 Å². The van der Waals surface area contributed by atoms with Gasteiger partial charge < -0.3 is 9.67 Å². The van der Waals surface area contributed by atoms with Crippen molar-refractivity contribution in [1.29, 1.82) is 0 Å². The summed E-state index contributed by atoms with van der Waals surface area (Å²) in [6.45, 7) is 1.88. The van der Waals surface area contributed by atoms with Gasteiger partial charge in [0.05, 0.1) is 4.91 Å². The van der Waals surface area contributed by atoms with E-state index in [1.165, 1.54) is 4.90 Å². The van der Waals surface area contributed by atoms with Crippen molar-refractivity contribution < 1.29 is 14.7 Å². The van der Waals surface area contributed by atoms with E-state index in [2.05, 4.69) is 0 Å². The van der Waals surface area contributed by atoms with Crippen LogP contribution in [0.3, 0.4) is 0 Å². The molecule has 2 rings (SSSR count). The lowest BCUT2D eigenvalue weighted by atomic mass is 10.1. The third kappa shape index (κ3) is 3.19. The molecular weight excluding hydrogens is 308 g/mol. The minimum atomic E-state index is -1.02. The molecule has 1 saturated heterocycles. The van der Waals surface area contributed by atoms with Crippen LogP contribution in [0.5, 0.6) is 0 Å². The molecule has 1 aromatic rings. The van der Waals surface area contributed by atoms with Gasteiger partial charge in [0.1, 0.15) is 10.4 Å². The number of aryl methyl sites for hydroxylation is 1. The third-order valence-electron chi connectivity index (χ3n) is 3.25. The number of hydrogen-bond acceptors (Lipinski definition) is 4. The average Bonchev–Trinajstić information content (AvgIpc) is 2.93. The number of thioether (sulfide) groups is 1. The maximum Gasteiger partial charge on any atom is 0.326 e. The molecule has 1 atom stereocenters. The number of nitrogens with zero attached hydrogens (tertiary/aromatic N) is 2. The van der Waals surface area contributed by atoms with Crippen molar-refractivity contribution in [2.75, 3.05) is 0 Å². The molecule has 0 saturated carbocycles. The van der Waals surface area contributed by atoms with Crippen LogP contribution in [-0.4, -0.2) is 36.8 Å². The molecule has 0 radical (unpaired) electrons. The predicted octanol–water partition coefficient (Wildman–Crippen LogP) is 2.48. The van der Waals surface area contributed by atoms with Crippen LogP contribution in [0, 0.1) is 0 Å². The van der Waals surface area contributed by atoms with E-state index in [4.69, 9.17) is 12.2 Å². The molecule has 21 heavy (non-hydrogen) atoms. The second kappa shape index (κ2) is 6.44. The first-order valence-electron chi connectivity index (χ1n) is 6.57. The Hall–Kier alpha value is -1.60. The minimum absolute atomic E-state index is 0.307. The van der Waals surface area contributed by atoms with E-state index in [9.17, 15) is 14.7 Å². The summed E-state index contributed by atoms with van der Waals surface area (Å²) in [6.07, 6.45) is 4.68. The zero-order valence-electron chi connectivity index (χ0n) is 11.8. The first-order chi connectivity index (χ1) is 9.95. The van der Waals surface area contributed by atoms with Crippen LogP contribution in [-0.2, 0) is 16.6 Å². The number of aromatic nitrogens is 1. The van der Waals surface area contributed by atoms with Crippen molar-refractivity contribution in [1.82, 2.24) is 9.47 Å². The summed E-state index contributed by atoms with van der Waals surface area (Å²) in [6, 6.07) is 2.87. The number of rotatable bonds is 5. The normalized spacial score (nSPS) is 18.6. The number of thiocarbonyl (C=S) groups is 1. The lowest BCUT2D eigenvalue weighted by Crippen LogP contribution is -2.43. The monoisotopic (exact) mass is 324 g/mol. The van der Waals surface area contributed by atoms with Crippen LogP contribution in [0.4, 0.5) is 0 Å². The number of hydrogen-bond donors (Lipinski definition) is 1. The largest absolute Gasteiger partial charge is 0.480 e. The lowest BCUT2D eigenvalue weighted by molar-refractivity contribution is -0.145. The zero-order valence-corrected chi connectivity index (χ0v) is 13.4. The second-order valence-corrected chi connectivity index (χ2v) is 6.41. The van der Waals surface area contributed by atoms with Crippen molar-refractivity contribution in [2.24, 2.45) is 7.05 Å². The van der Waals surface area contributed by atoms with Crippen LogP contribution < -0.4 is 0 Å². The molecule has 0 bridgehead atoms. The number of carboxylic acid groups (broad SMARTS) is 1. The number of carbonyl (C=O) groups is 2. The fourth-order valence-electron chi connectivity index (χ4n) is 2.14. The first kappa shape index (κ1) is 15.8. The maximum absolute atomic E-state index is 12.5. The van der Waals surface area contributed by atoms with Gasteiger partial charge in [-0.05, 0) is 24.6 Å². The van der Waals surface area contributed by atoms with E-state index >= 15 is 0 Å². The van der Waals surface area contributed by atoms with Crippen molar-refractivity contribution in [3.8, 4) is 0 Å². The molecule has 7 heteroatoms. The number of aliphatic carboxylic acids is 1. The summed E-state index contributed by atoms with van der Waals surface area (Å²) in [5.74, 6) is -1.35. The highest BCUT2D eigenvalue weighted by Gasteiger charge is 2.39. The fourth-order valence-corrected chi connectivity index (χ4v) is 3.48. The maximum atomic E-state index is 12.5. The highest BCUT2D eigenvalue weighted by molar-refractivity contribution is 8.26. The van der Waals surface area contributed by atoms with Crippen molar-refractivity contribution in [3.05, 3.63) is 28.9 Å².